The molecule has 1 aliphatic rings. The van der Waals surface area contributed by atoms with E-state index in [0.717, 1.165) is 38.3 Å². The SMILES string of the molecule is COc1cc(N2CCN(C=O)CC2)ccc1Cl. The van der Waals surface area contributed by atoms with Gasteiger partial charge in [0.05, 0.1) is 12.1 Å². The van der Waals surface area contributed by atoms with Crippen molar-refractivity contribution in [3.05, 3.63) is 23.2 Å². The minimum atomic E-state index is 0.614. The Hall–Kier alpha value is -1.42. The van der Waals surface area contributed by atoms with Gasteiger partial charge in [-0.25, -0.2) is 0 Å². The Morgan fingerprint density at radius 1 is 1.29 bits per heavy atom. The van der Waals surface area contributed by atoms with Gasteiger partial charge in [0.15, 0.2) is 0 Å². The monoisotopic (exact) mass is 254 g/mol. The summed E-state index contributed by atoms with van der Waals surface area (Å²) in [5.41, 5.74) is 1.08. The van der Waals surface area contributed by atoms with Crippen molar-refractivity contribution in [1.29, 1.82) is 0 Å². The molecule has 2 rings (SSSR count). The Bertz CT molecular complexity index is 403. The number of anilines is 1. The van der Waals surface area contributed by atoms with Gasteiger partial charge in [-0.05, 0) is 12.1 Å². The molecule has 4 nitrogen and oxygen atoms in total. The van der Waals surface area contributed by atoms with Gasteiger partial charge in [-0.1, -0.05) is 11.6 Å². The molecule has 0 aromatic heterocycles. The third-order valence-electron chi connectivity index (χ3n) is 2.96. The lowest BCUT2D eigenvalue weighted by Crippen LogP contribution is -2.45. The van der Waals surface area contributed by atoms with Crippen molar-refractivity contribution < 1.29 is 9.53 Å². The molecule has 0 atom stereocenters. The van der Waals surface area contributed by atoms with Crippen LogP contribution in [-0.2, 0) is 4.79 Å². The van der Waals surface area contributed by atoms with E-state index in [9.17, 15) is 4.79 Å². The topological polar surface area (TPSA) is 32.8 Å². The number of amides is 1. The van der Waals surface area contributed by atoms with Gasteiger partial charge in [0, 0.05) is 37.9 Å². The van der Waals surface area contributed by atoms with Crippen LogP contribution in [-0.4, -0.2) is 44.6 Å². The number of benzene rings is 1. The van der Waals surface area contributed by atoms with Gasteiger partial charge >= 0.3 is 0 Å². The first kappa shape index (κ1) is 12.0. The van der Waals surface area contributed by atoms with Gasteiger partial charge in [0.2, 0.25) is 6.41 Å². The van der Waals surface area contributed by atoms with Crippen LogP contribution in [0.3, 0.4) is 0 Å². The molecule has 5 heteroatoms. The fraction of sp³-hybridized carbons (Fsp3) is 0.417. The van der Waals surface area contributed by atoms with Gasteiger partial charge in [-0.2, -0.15) is 0 Å². The molecule has 1 aromatic carbocycles. The van der Waals surface area contributed by atoms with Crippen LogP contribution in [0.1, 0.15) is 0 Å². The Kier molecular flexibility index (Phi) is 3.74. The zero-order chi connectivity index (χ0) is 12.3. The second kappa shape index (κ2) is 5.27. The second-order valence-electron chi connectivity index (χ2n) is 3.95. The van der Waals surface area contributed by atoms with Gasteiger partial charge in [0.25, 0.3) is 0 Å². The van der Waals surface area contributed by atoms with Crippen LogP contribution in [0.2, 0.25) is 5.02 Å². The number of rotatable bonds is 3. The molecule has 0 N–H and O–H groups in total. The average molecular weight is 255 g/mol. The number of nitrogens with zero attached hydrogens (tertiary/aromatic N) is 2. The molecule has 17 heavy (non-hydrogen) atoms. The summed E-state index contributed by atoms with van der Waals surface area (Å²) in [5, 5.41) is 0.614. The average Bonchev–Trinajstić information content (AvgIpc) is 2.39. The number of carbonyl (C=O) groups is 1. The van der Waals surface area contributed by atoms with Crippen LogP contribution in [0.4, 0.5) is 5.69 Å². The summed E-state index contributed by atoms with van der Waals surface area (Å²) < 4.78 is 5.19. The maximum Gasteiger partial charge on any atom is 0.209 e. The molecule has 1 heterocycles. The number of methoxy groups -OCH3 is 1. The maximum atomic E-state index is 10.6. The molecule has 0 spiro atoms. The Morgan fingerprint density at radius 2 is 2.00 bits per heavy atom. The summed E-state index contributed by atoms with van der Waals surface area (Å²) in [6, 6.07) is 5.74. The molecule has 1 aliphatic heterocycles. The third kappa shape index (κ3) is 2.64. The summed E-state index contributed by atoms with van der Waals surface area (Å²) in [7, 11) is 1.61. The summed E-state index contributed by atoms with van der Waals surface area (Å²) in [6.07, 6.45) is 0.903. The fourth-order valence-electron chi connectivity index (χ4n) is 1.93. The molecule has 1 saturated heterocycles. The number of hydrogen-bond donors (Lipinski definition) is 0. The highest BCUT2D eigenvalue weighted by Gasteiger charge is 2.16. The molecule has 0 unspecified atom stereocenters. The smallest absolute Gasteiger partial charge is 0.209 e. The number of carbonyl (C=O) groups excluding carboxylic acids is 1. The number of ether oxygens (including phenoxy) is 1. The Labute approximate surface area is 106 Å². The van der Waals surface area contributed by atoms with E-state index in [4.69, 9.17) is 16.3 Å². The molecule has 0 radical (unpaired) electrons. The molecule has 92 valence electrons. The molecule has 1 fully saturated rings. The summed E-state index contributed by atoms with van der Waals surface area (Å²) in [4.78, 5) is 14.6. The highest BCUT2D eigenvalue weighted by atomic mass is 35.5. The van der Waals surface area contributed by atoms with Crippen LogP contribution in [0.5, 0.6) is 5.75 Å². The quantitative estimate of drug-likeness (QED) is 0.769. The first-order valence-corrected chi connectivity index (χ1v) is 5.90. The molecular weight excluding hydrogens is 240 g/mol. The van der Waals surface area contributed by atoms with Gasteiger partial charge in [-0.3, -0.25) is 4.79 Å². The van der Waals surface area contributed by atoms with E-state index in [1.807, 2.05) is 18.2 Å². The van der Waals surface area contributed by atoms with Gasteiger partial charge in [0.1, 0.15) is 5.75 Å². The van der Waals surface area contributed by atoms with Crippen LogP contribution >= 0.6 is 11.6 Å². The van der Waals surface area contributed by atoms with Crippen LogP contribution < -0.4 is 9.64 Å². The molecule has 1 amide bonds. The van der Waals surface area contributed by atoms with Gasteiger partial charge < -0.3 is 14.5 Å². The van der Waals surface area contributed by atoms with Crippen molar-refractivity contribution in [3.63, 3.8) is 0 Å². The molecule has 0 bridgehead atoms. The number of hydrogen-bond acceptors (Lipinski definition) is 3. The maximum absolute atomic E-state index is 10.6. The highest BCUT2D eigenvalue weighted by Crippen LogP contribution is 2.29. The summed E-state index contributed by atoms with van der Waals surface area (Å²) in [6.45, 7) is 3.19. The summed E-state index contributed by atoms with van der Waals surface area (Å²) in [5.74, 6) is 0.682. The zero-order valence-electron chi connectivity index (χ0n) is 9.73. The van der Waals surface area contributed by atoms with E-state index < -0.39 is 0 Å². The van der Waals surface area contributed by atoms with E-state index in [-0.39, 0.29) is 0 Å². The number of piperazine rings is 1. The van der Waals surface area contributed by atoms with Crippen LogP contribution in [0.25, 0.3) is 0 Å². The van der Waals surface area contributed by atoms with Crippen molar-refractivity contribution in [3.8, 4) is 5.75 Å². The van der Waals surface area contributed by atoms with Crippen molar-refractivity contribution in [1.82, 2.24) is 4.90 Å². The van der Waals surface area contributed by atoms with E-state index in [0.29, 0.717) is 10.8 Å². The molecule has 0 aliphatic carbocycles. The normalized spacial score (nSPS) is 15.9. The van der Waals surface area contributed by atoms with Gasteiger partial charge in [-0.15, -0.1) is 0 Å². The molecular formula is C12H15ClN2O2. The van der Waals surface area contributed by atoms with E-state index in [2.05, 4.69) is 4.90 Å². The third-order valence-corrected chi connectivity index (χ3v) is 3.28. The molecule has 0 saturated carbocycles. The minimum Gasteiger partial charge on any atom is -0.495 e. The van der Waals surface area contributed by atoms with Crippen molar-refractivity contribution >= 4 is 23.7 Å². The Balaban J connectivity index is 2.10. The van der Waals surface area contributed by atoms with Crippen molar-refractivity contribution in [2.75, 3.05) is 38.2 Å². The molecule has 1 aromatic rings. The largest absolute Gasteiger partial charge is 0.495 e. The predicted molar refractivity (Wildman–Crippen MR) is 67.9 cm³/mol. The van der Waals surface area contributed by atoms with E-state index >= 15 is 0 Å². The van der Waals surface area contributed by atoms with E-state index in [1.165, 1.54) is 0 Å². The van der Waals surface area contributed by atoms with Crippen LogP contribution in [0, 0.1) is 0 Å². The highest BCUT2D eigenvalue weighted by molar-refractivity contribution is 6.32. The minimum absolute atomic E-state index is 0.614. The van der Waals surface area contributed by atoms with Crippen molar-refractivity contribution in [2.24, 2.45) is 0 Å². The Morgan fingerprint density at radius 3 is 2.59 bits per heavy atom. The van der Waals surface area contributed by atoms with Crippen LogP contribution in [0.15, 0.2) is 18.2 Å². The fourth-order valence-corrected chi connectivity index (χ4v) is 2.13. The first-order chi connectivity index (χ1) is 8.24. The number of halogens is 1. The summed E-state index contributed by atoms with van der Waals surface area (Å²) >= 11 is 5.98. The first-order valence-electron chi connectivity index (χ1n) is 5.52. The predicted octanol–water partition coefficient (Wildman–Crippen LogP) is 1.63. The lowest BCUT2D eigenvalue weighted by Gasteiger charge is -2.34. The van der Waals surface area contributed by atoms with Crippen molar-refractivity contribution in [2.45, 2.75) is 0 Å². The zero-order valence-corrected chi connectivity index (χ0v) is 10.5. The lowest BCUT2D eigenvalue weighted by atomic mass is 10.2. The lowest BCUT2D eigenvalue weighted by molar-refractivity contribution is -0.118. The second-order valence-corrected chi connectivity index (χ2v) is 4.35. The van der Waals surface area contributed by atoms with E-state index in [1.54, 1.807) is 12.0 Å². The standard InChI is InChI=1S/C12H15ClN2O2/c1-17-12-8-10(2-3-11(12)13)15-6-4-14(9-16)5-7-15/h2-3,8-9H,4-7H2,1H3.